The van der Waals surface area contributed by atoms with Crippen molar-refractivity contribution < 1.29 is 18.8 Å². The maximum atomic E-state index is 6.10. The molecule has 130 valence electrons. The number of hydrogen-bond donors (Lipinski definition) is 1. The Kier molecular flexibility index (Phi) is 4.86. The Morgan fingerprint density at radius 3 is 2.38 bits per heavy atom. The maximum Gasteiger partial charge on any atom is 0.491 e. The molecular weight excluding hydrogens is 305 g/mol. The molecule has 2 N–H and O–H groups in total. The van der Waals surface area contributed by atoms with Crippen LogP contribution in [0.4, 0.5) is 0 Å². The van der Waals surface area contributed by atoms with Crippen LogP contribution < -0.4 is 5.73 Å². The molecule has 0 atom stereocenters. The second kappa shape index (κ2) is 6.62. The van der Waals surface area contributed by atoms with Gasteiger partial charge >= 0.3 is 7.12 Å². The summed E-state index contributed by atoms with van der Waals surface area (Å²) in [6.07, 6.45) is 1.75. The van der Waals surface area contributed by atoms with E-state index in [0.717, 1.165) is 16.6 Å². The van der Waals surface area contributed by atoms with Crippen molar-refractivity contribution in [1.29, 1.82) is 0 Å². The van der Waals surface area contributed by atoms with Gasteiger partial charge in [0.05, 0.1) is 24.4 Å². The van der Waals surface area contributed by atoms with Gasteiger partial charge in [-0.25, -0.2) is 0 Å². The van der Waals surface area contributed by atoms with E-state index in [9.17, 15) is 0 Å². The molecule has 1 aromatic rings. The third-order valence-electron chi connectivity index (χ3n) is 4.95. The standard InChI is InChI=1S/C18H26BNO4/c1-17(2)18(3,4)24-19(23-17)15(12-20)11-13-6-5-7-14(10-13)16-21-8-9-22-16/h5-7,10-11,16H,8-9,12,20H2,1-4H3. The minimum Gasteiger partial charge on any atom is -0.400 e. The zero-order valence-electron chi connectivity index (χ0n) is 14.9. The van der Waals surface area contributed by atoms with Gasteiger partial charge in [-0.15, -0.1) is 0 Å². The summed E-state index contributed by atoms with van der Waals surface area (Å²) in [7, 11) is -0.428. The highest BCUT2D eigenvalue weighted by molar-refractivity contribution is 6.55. The highest BCUT2D eigenvalue weighted by Crippen LogP contribution is 2.38. The molecular formula is C18H26BNO4. The molecule has 6 heteroatoms. The molecule has 2 aliphatic rings. The van der Waals surface area contributed by atoms with Crippen molar-refractivity contribution in [2.75, 3.05) is 19.8 Å². The molecule has 0 saturated carbocycles. The van der Waals surface area contributed by atoms with Crippen LogP contribution in [0.2, 0.25) is 0 Å². The SMILES string of the molecule is CC1(C)OB(C(=Cc2cccc(C3OCCO3)c2)CN)OC1(C)C. The van der Waals surface area contributed by atoms with Gasteiger partial charge in [0, 0.05) is 12.1 Å². The summed E-state index contributed by atoms with van der Waals surface area (Å²) >= 11 is 0. The molecule has 0 spiro atoms. The van der Waals surface area contributed by atoms with Gasteiger partial charge in [-0.2, -0.15) is 0 Å². The quantitative estimate of drug-likeness (QED) is 0.860. The maximum absolute atomic E-state index is 6.10. The van der Waals surface area contributed by atoms with Crippen LogP contribution in [-0.2, 0) is 18.8 Å². The van der Waals surface area contributed by atoms with E-state index in [1.165, 1.54) is 0 Å². The molecule has 2 heterocycles. The second-order valence-electron chi connectivity index (χ2n) is 7.26. The summed E-state index contributed by atoms with van der Waals surface area (Å²) in [5.74, 6) is 0. The molecule has 3 rings (SSSR count). The van der Waals surface area contributed by atoms with Gasteiger partial charge in [0.1, 0.15) is 0 Å². The van der Waals surface area contributed by atoms with Gasteiger partial charge in [0.25, 0.3) is 0 Å². The summed E-state index contributed by atoms with van der Waals surface area (Å²) in [6, 6.07) is 8.07. The monoisotopic (exact) mass is 331 g/mol. The lowest BCUT2D eigenvalue weighted by Gasteiger charge is -2.32. The fourth-order valence-electron chi connectivity index (χ4n) is 2.78. The van der Waals surface area contributed by atoms with E-state index < -0.39 is 7.12 Å². The smallest absolute Gasteiger partial charge is 0.400 e. The van der Waals surface area contributed by atoms with Crippen molar-refractivity contribution in [3.05, 3.63) is 40.9 Å². The topological polar surface area (TPSA) is 62.9 Å². The van der Waals surface area contributed by atoms with Crippen LogP contribution in [-0.4, -0.2) is 38.1 Å². The molecule has 0 aromatic heterocycles. The van der Waals surface area contributed by atoms with Crippen LogP contribution in [0.15, 0.2) is 29.7 Å². The Morgan fingerprint density at radius 2 is 1.79 bits per heavy atom. The van der Waals surface area contributed by atoms with E-state index >= 15 is 0 Å². The Balaban J connectivity index is 1.82. The van der Waals surface area contributed by atoms with Crippen molar-refractivity contribution in [2.24, 2.45) is 5.73 Å². The number of ether oxygens (including phenoxy) is 2. The summed E-state index contributed by atoms with van der Waals surface area (Å²) in [6.45, 7) is 9.79. The van der Waals surface area contributed by atoms with Gasteiger partial charge < -0.3 is 24.5 Å². The largest absolute Gasteiger partial charge is 0.491 e. The Hall–Kier alpha value is -1.18. The van der Waals surface area contributed by atoms with Crippen molar-refractivity contribution in [1.82, 2.24) is 0 Å². The first-order chi connectivity index (χ1) is 11.3. The van der Waals surface area contributed by atoms with Crippen LogP contribution >= 0.6 is 0 Å². The fraction of sp³-hybridized carbons (Fsp3) is 0.556. The first kappa shape index (κ1) is 17.6. The lowest BCUT2D eigenvalue weighted by molar-refractivity contribution is -0.0441. The van der Waals surface area contributed by atoms with E-state index in [0.29, 0.717) is 19.8 Å². The average molecular weight is 331 g/mol. The summed E-state index contributed by atoms with van der Waals surface area (Å²) in [5, 5.41) is 0. The van der Waals surface area contributed by atoms with E-state index in [2.05, 4.69) is 6.07 Å². The van der Waals surface area contributed by atoms with Crippen LogP contribution in [0, 0.1) is 0 Å². The number of benzene rings is 1. The fourth-order valence-corrected chi connectivity index (χ4v) is 2.78. The van der Waals surface area contributed by atoms with Crippen LogP contribution in [0.3, 0.4) is 0 Å². The van der Waals surface area contributed by atoms with Crippen molar-refractivity contribution >= 4 is 13.2 Å². The second-order valence-corrected chi connectivity index (χ2v) is 7.26. The lowest BCUT2D eigenvalue weighted by Crippen LogP contribution is -2.41. The molecule has 0 aliphatic carbocycles. The van der Waals surface area contributed by atoms with Gasteiger partial charge in [-0.3, -0.25) is 0 Å². The summed E-state index contributed by atoms with van der Waals surface area (Å²) in [5.41, 5.74) is 8.16. The minimum absolute atomic E-state index is 0.281. The molecule has 5 nitrogen and oxygen atoms in total. The van der Waals surface area contributed by atoms with E-state index in [1.807, 2.05) is 52.0 Å². The van der Waals surface area contributed by atoms with Crippen LogP contribution in [0.1, 0.15) is 45.1 Å². The first-order valence-electron chi connectivity index (χ1n) is 8.42. The normalized spacial score (nSPS) is 23.9. The Bertz CT molecular complexity index is 607. The average Bonchev–Trinajstić information content (AvgIpc) is 3.12. The zero-order valence-corrected chi connectivity index (χ0v) is 14.9. The molecule has 0 amide bonds. The molecule has 0 unspecified atom stereocenters. The molecule has 1 aromatic carbocycles. The van der Waals surface area contributed by atoms with Crippen LogP contribution in [0.5, 0.6) is 0 Å². The van der Waals surface area contributed by atoms with Crippen molar-refractivity contribution in [2.45, 2.75) is 45.2 Å². The highest BCUT2D eigenvalue weighted by Gasteiger charge is 2.52. The molecule has 0 bridgehead atoms. The van der Waals surface area contributed by atoms with Crippen molar-refractivity contribution in [3.63, 3.8) is 0 Å². The number of nitrogens with two attached hydrogens (primary N) is 1. The van der Waals surface area contributed by atoms with Gasteiger partial charge in [0.2, 0.25) is 0 Å². The number of hydrogen-bond acceptors (Lipinski definition) is 5. The zero-order chi connectivity index (χ0) is 17.4. The van der Waals surface area contributed by atoms with Crippen LogP contribution in [0.25, 0.3) is 6.08 Å². The molecule has 2 aliphatic heterocycles. The van der Waals surface area contributed by atoms with Gasteiger partial charge in [-0.1, -0.05) is 24.3 Å². The summed E-state index contributed by atoms with van der Waals surface area (Å²) < 4.78 is 23.3. The van der Waals surface area contributed by atoms with Gasteiger partial charge in [0.15, 0.2) is 6.29 Å². The molecule has 2 fully saturated rings. The summed E-state index contributed by atoms with van der Waals surface area (Å²) in [4.78, 5) is 0. The third kappa shape index (κ3) is 3.43. The van der Waals surface area contributed by atoms with E-state index in [4.69, 9.17) is 24.5 Å². The number of rotatable bonds is 4. The third-order valence-corrected chi connectivity index (χ3v) is 4.95. The lowest BCUT2D eigenvalue weighted by atomic mass is 9.77. The Morgan fingerprint density at radius 1 is 1.17 bits per heavy atom. The Labute approximate surface area is 144 Å². The van der Waals surface area contributed by atoms with E-state index in [-0.39, 0.29) is 17.5 Å². The van der Waals surface area contributed by atoms with E-state index in [1.54, 1.807) is 0 Å². The molecule has 2 saturated heterocycles. The molecule has 0 radical (unpaired) electrons. The van der Waals surface area contributed by atoms with Crippen molar-refractivity contribution in [3.8, 4) is 0 Å². The molecule has 24 heavy (non-hydrogen) atoms. The van der Waals surface area contributed by atoms with Gasteiger partial charge in [-0.05, 0) is 44.8 Å². The minimum atomic E-state index is -0.428. The predicted octanol–water partition coefficient (Wildman–Crippen LogP) is 2.71. The highest BCUT2D eigenvalue weighted by atomic mass is 16.7. The first-order valence-corrected chi connectivity index (χ1v) is 8.42. The predicted molar refractivity (Wildman–Crippen MR) is 94.2 cm³/mol.